The maximum Gasteiger partial charge on any atom is 0.264 e. The zero-order valence-corrected chi connectivity index (χ0v) is 28.2. The number of sulfonamides is 1. The minimum absolute atomic E-state index is 0.0125. The van der Waals surface area contributed by atoms with Crippen molar-refractivity contribution in [1.29, 1.82) is 0 Å². The van der Waals surface area contributed by atoms with Crippen molar-refractivity contribution < 1.29 is 18.0 Å². The smallest absolute Gasteiger partial charge is 0.264 e. The molecule has 2 amide bonds. The van der Waals surface area contributed by atoms with Gasteiger partial charge in [0.15, 0.2) is 0 Å². The lowest BCUT2D eigenvalue weighted by atomic mass is 10.0. The molecule has 4 aromatic carbocycles. The molecule has 0 saturated carbocycles. The summed E-state index contributed by atoms with van der Waals surface area (Å²) in [5.74, 6) is -0.990. The number of carbonyl (C=O) groups is 2. The summed E-state index contributed by atoms with van der Waals surface area (Å²) in [5.41, 5.74) is 1.01. The first kappa shape index (κ1) is 34.3. The van der Waals surface area contributed by atoms with E-state index in [4.69, 9.17) is 34.8 Å². The average molecular weight is 687 g/mol. The number of hydrogen-bond donors (Lipinski definition) is 1. The minimum Gasteiger partial charge on any atom is -0.350 e. The van der Waals surface area contributed by atoms with Crippen LogP contribution in [0, 0.1) is 0 Å². The molecule has 4 rings (SSSR count). The normalized spacial score (nSPS) is 12.3. The average Bonchev–Trinajstić information content (AvgIpc) is 2.99. The largest absolute Gasteiger partial charge is 0.350 e. The van der Waals surface area contributed by atoms with Gasteiger partial charge in [0, 0.05) is 28.5 Å². The maximum atomic E-state index is 14.5. The monoisotopic (exact) mass is 685 g/mol. The molecule has 1 atom stereocenters. The highest BCUT2D eigenvalue weighted by molar-refractivity contribution is 7.92. The van der Waals surface area contributed by atoms with Crippen LogP contribution in [-0.2, 0) is 32.6 Å². The van der Waals surface area contributed by atoms with Gasteiger partial charge in [-0.15, -0.1) is 0 Å². The molecule has 0 aliphatic heterocycles. The quantitative estimate of drug-likeness (QED) is 0.178. The molecule has 0 unspecified atom stereocenters. The van der Waals surface area contributed by atoms with Gasteiger partial charge in [-0.1, -0.05) is 95.5 Å². The lowest BCUT2D eigenvalue weighted by molar-refractivity contribution is -0.140. The molecule has 236 valence electrons. The van der Waals surface area contributed by atoms with Gasteiger partial charge in [-0.2, -0.15) is 0 Å². The summed E-state index contributed by atoms with van der Waals surface area (Å²) in [7, 11) is -4.29. The van der Waals surface area contributed by atoms with Crippen LogP contribution in [0.2, 0.25) is 15.1 Å². The Morgan fingerprint density at radius 2 is 1.36 bits per heavy atom. The lowest BCUT2D eigenvalue weighted by Crippen LogP contribution is -2.56. The summed E-state index contributed by atoms with van der Waals surface area (Å²) >= 11 is 18.8. The summed E-state index contributed by atoms with van der Waals surface area (Å²) in [6, 6.07) is 27.4. The predicted molar refractivity (Wildman–Crippen MR) is 181 cm³/mol. The van der Waals surface area contributed by atoms with E-state index in [1.54, 1.807) is 42.5 Å². The molecule has 7 nitrogen and oxygen atoms in total. The number of amides is 2. The third-order valence-electron chi connectivity index (χ3n) is 6.82. The van der Waals surface area contributed by atoms with Gasteiger partial charge in [-0.05, 0) is 74.4 Å². The Balaban J connectivity index is 1.83. The van der Waals surface area contributed by atoms with Crippen molar-refractivity contribution in [1.82, 2.24) is 10.2 Å². The molecular weight excluding hydrogens is 653 g/mol. The fraction of sp³-hybridized carbons (Fsp3) is 0.235. The fourth-order valence-corrected chi connectivity index (χ4v) is 6.85. The van der Waals surface area contributed by atoms with Crippen molar-refractivity contribution in [3.05, 3.63) is 129 Å². The molecule has 4 aromatic rings. The van der Waals surface area contributed by atoms with Gasteiger partial charge >= 0.3 is 0 Å². The Morgan fingerprint density at radius 1 is 0.778 bits per heavy atom. The molecule has 1 N–H and O–H groups in total. The van der Waals surface area contributed by atoms with Crippen LogP contribution in [0.25, 0.3) is 0 Å². The highest BCUT2D eigenvalue weighted by Crippen LogP contribution is 2.33. The van der Waals surface area contributed by atoms with Crippen LogP contribution in [0.3, 0.4) is 0 Å². The number of nitrogens with one attached hydrogen (secondary N) is 1. The lowest BCUT2D eigenvalue weighted by Gasteiger charge is -2.35. The Morgan fingerprint density at radius 3 is 1.93 bits per heavy atom. The molecule has 0 heterocycles. The van der Waals surface area contributed by atoms with Gasteiger partial charge in [-0.3, -0.25) is 13.9 Å². The van der Waals surface area contributed by atoms with Gasteiger partial charge in [0.2, 0.25) is 11.8 Å². The predicted octanol–water partition coefficient (Wildman–Crippen LogP) is 7.40. The summed E-state index contributed by atoms with van der Waals surface area (Å²) in [4.78, 5) is 29.8. The maximum absolute atomic E-state index is 14.5. The van der Waals surface area contributed by atoms with Gasteiger partial charge < -0.3 is 10.2 Å². The van der Waals surface area contributed by atoms with Crippen molar-refractivity contribution in [2.45, 2.75) is 50.2 Å². The van der Waals surface area contributed by atoms with E-state index in [2.05, 4.69) is 5.32 Å². The molecule has 0 saturated heterocycles. The Kier molecular flexibility index (Phi) is 11.2. The minimum atomic E-state index is -4.29. The van der Waals surface area contributed by atoms with Crippen molar-refractivity contribution in [2.75, 3.05) is 10.8 Å². The summed E-state index contributed by atoms with van der Waals surface area (Å²) in [6.45, 7) is 4.94. The van der Waals surface area contributed by atoms with Crippen molar-refractivity contribution >= 4 is 62.3 Å². The first-order valence-electron chi connectivity index (χ1n) is 14.2. The highest BCUT2D eigenvalue weighted by Gasteiger charge is 2.36. The molecule has 0 fully saturated rings. The van der Waals surface area contributed by atoms with Crippen molar-refractivity contribution in [3.8, 4) is 0 Å². The first-order valence-corrected chi connectivity index (χ1v) is 16.7. The van der Waals surface area contributed by atoms with Crippen molar-refractivity contribution in [3.63, 3.8) is 0 Å². The van der Waals surface area contributed by atoms with Gasteiger partial charge in [0.25, 0.3) is 10.0 Å². The number of hydrogen-bond acceptors (Lipinski definition) is 4. The van der Waals surface area contributed by atoms with Crippen LogP contribution in [0.1, 0.15) is 31.9 Å². The number of carbonyl (C=O) groups excluding carboxylic acids is 2. The second-order valence-electron chi connectivity index (χ2n) is 11.5. The third kappa shape index (κ3) is 9.23. The van der Waals surface area contributed by atoms with E-state index >= 15 is 0 Å². The van der Waals surface area contributed by atoms with E-state index in [9.17, 15) is 18.0 Å². The molecule has 45 heavy (non-hydrogen) atoms. The molecule has 0 aliphatic carbocycles. The standard InChI is InChI=1S/C34H34Cl3N3O4S/c1-34(2,3)38-33(42)31(20-24-10-6-4-7-11-24)39(22-25-14-16-26(35)17-15-25)32(41)23-40(30-19-18-27(36)21-29(30)37)45(43,44)28-12-8-5-9-13-28/h4-19,21,31H,20,22-23H2,1-3H3,(H,38,42)/t31-/m1/s1. The second-order valence-corrected chi connectivity index (χ2v) is 14.7. The van der Waals surface area contributed by atoms with Crippen LogP contribution >= 0.6 is 34.8 Å². The number of anilines is 1. The zero-order chi connectivity index (χ0) is 32.8. The molecule has 0 spiro atoms. The number of rotatable bonds is 11. The van der Waals surface area contributed by atoms with Crippen LogP contribution in [0.4, 0.5) is 5.69 Å². The third-order valence-corrected chi connectivity index (χ3v) is 9.39. The first-order chi connectivity index (χ1) is 21.2. The Labute approximate surface area is 279 Å². The van der Waals surface area contributed by atoms with E-state index < -0.39 is 34.1 Å². The highest BCUT2D eigenvalue weighted by atomic mass is 35.5. The molecule has 0 radical (unpaired) electrons. The zero-order valence-electron chi connectivity index (χ0n) is 25.1. The van der Waals surface area contributed by atoms with E-state index in [-0.39, 0.29) is 34.5 Å². The van der Waals surface area contributed by atoms with E-state index in [0.29, 0.717) is 15.6 Å². The Hall–Kier alpha value is -3.56. The summed E-state index contributed by atoms with van der Waals surface area (Å²) in [6.07, 6.45) is 0.190. The summed E-state index contributed by atoms with van der Waals surface area (Å²) < 4.78 is 29.1. The van der Waals surface area contributed by atoms with Gasteiger partial charge in [0.1, 0.15) is 12.6 Å². The second kappa shape index (κ2) is 14.7. The van der Waals surface area contributed by atoms with Crippen LogP contribution in [-0.4, -0.2) is 43.3 Å². The fourth-order valence-electron chi connectivity index (χ4n) is 4.71. The van der Waals surface area contributed by atoms with E-state index in [0.717, 1.165) is 9.87 Å². The van der Waals surface area contributed by atoms with Crippen molar-refractivity contribution in [2.24, 2.45) is 0 Å². The van der Waals surface area contributed by atoms with Gasteiger partial charge in [-0.25, -0.2) is 8.42 Å². The number of nitrogens with zero attached hydrogens (tertiary/aromatic N) is 2. The van der Waals surface area contributed by atoms with Gasteiger partial charge in [0.05, 0.1) is 15.6 Å². The molecule has 0 bridgehead atoms. The SMILES string of the molecule is CC(C)(C)NC(=O)[C@@H](Cc1ccccc1)N(Cc1ccc(Cl)cc1)C(=O)CN(c1ccc(Cl)cc1Cl)S(=O)(=O)c1ccccc1. The van der Waals surface area contributed by atoms with Crippen LogP contribution in [0.15, 0.2) is 108 Å². The number of benzene rings is 4. The van der Waals surface area contributed by atoms with Crippen LogP contribution < -0.4 is 9.62 Å². The Bertz CT molecular complexity index is 1730. The molecule has 0 aliphatic rings. The topological polar surface area (TPSA) is 86.8 Å². The van der Waals surface area contributed by atoms with E-state index in [1.165, 1.54) is 35.2 Å². The number of halogens is 3. The molecular formula is C34H34Cl3N3O4S. The summed E-state index contributed by atoms with van der Waals surface area (Å²) in [5, 5.41) is 3.87. The molecule has 11 heteroatoms. The van der Waals surface area contributed by atoms with E-state index in [1.807, 2.05) is 51.1 Å². The molecule has 0 aromatic heterocycles. The van der Waals surface area contributed by atoms with Crippen LogP contribution in [0.5, 0.6) is 0 Å².